The molecule has 0 saturated heterocycles. The third kappa shape index (κ3) is 2.56. The van der Waals surface area contributed by atoms with E-state index in [-0.39, 0.29) is 6.04 Å². The Morgan fingerprint density at radius 1 is 1.46 bits per heavy atom. The van der Waals surface area contributed by atoms with Crippen molar-refractivity contribution >= 4 is 11.6 Å². The molecule has 13 heavy (non-hydrogen) atoms. The molecule has 0 heterocycles. The van der Waals surface area contributed by atoms with E-state index in [9.17, 15) is 0 Å². The van der Waals surface area contributed by atoms with Gasteiger partial charge in [-0.25, -0.2) is 5.43 Å². The first-order chi connectivity index (χ1) is 6.15. The van der Waals surface area contributed by atoms with Crippen molar-refractivity contribution < 1.29 is 0 Å². The zero-order valence-corrected chi connectivity index (χ0v) is 8.31. The zero-order valence-electron chi connectivity index (χ0n) is 7.55. The Morgan fingerprint density at radius 2 is 2.00 bits per heavy atom. The maximum Gasteiger partial charge on any atom is 0.0664 e. The van der Waals surface area contributed by atoms with Gasteiger partial charge in [0.2, 0.25) is 0 Å². The molecule has 1 aromatic carbocycles. The first kappa shape index (κ1) is 10.3. The molecular formula is C10H13ClN2. The molecule has 0 aliphatic rings. The van der Waals surface area contributed by atoms with Crippen LogP contribution in [0.3, 0.4) is 0 Å². The highest BCUT2D eigenvalue weighted by Gasteiger charge is 2.08. The van der Waals surface area contributed by atoms with Crippen molar-refractivity contribution in [3.63, 3.8) is 0 Å². The standard InChI is InChI=1S/C10H13ClN2/c1-7(2)10(13-12)8-3-5-9(11)6-4-8/h3-6,10,13H,1,12H2,2H3. The summed E-state index contributed by atoms with van der Waals surface area (Å²) in [6, 6.07) is 7.54. The van der Waals surface area contributed by atoms with Gasteiger partial charge in [0.1, 0.15) is 0 Å². The van der Waals surface area contributed by atoms with Gasteiger partial charge in [0, 0.05) is 5.02 Å². The molecule has 70 valence electrons. The molecule has 0 radical (unpaired) electrons. The molecule has 2 nitrogen and oxygen atoms in total. The topological polar surface area (TPSA) is 38.0 Å². The summed E-state index contributed by atoms with van der Waals surface area (Å²) in [6.07, 6.45) is 0. The molecule has 0 spiro atoms. The maximum atomic E-state index is 5.77. The van der Waals surface area contributed by atoms with Gasteiger partial charge in [-0.15, -0.1) is 0 Å². The maximum absolute atomic E-state index is 5.77. The second kappa shape index (κ2) is 4.42. The summed E-state index contributed by atoms with van der Waals surface area (Å²) in [5, 5.41) is 0.723. The molecule has 0 bridgehead atoms. The Bertz CT molecular complexity index is 292. The number of hydrazine groups is 1. The van der Waals surface area contributed by atoms with Gasteiger partial charge in [0.25, 0.3) is 0 Å². The van der Waals surface area contributed by atoms with E-state index < -0.39 is 0 Å². The van der Waals surface area contributed by atoms with Crippen LogP contribution < -0.4 is 11.3 Å². The highest BCUT2D eigenvalue weighted by molar-refractivity contribution is 6.30. The van der Waals surface area contributed by atoms with E-state index in [1.807, 2.05) is 31.2 Å². The van der Waals surface area contributed by atoms with E-state index in [0.717, 1.165) is 16.2 Å². The van der Waals surface area contributed by atoms with Crippen molar-refractivity contribution in [3.8, 4) is 0 Å². The van der Waals surface area contributed by atoms with Gasteiger partial charge in [-0.05, 0) is 24.6 Å². The van der Waals surface area contributed by atoms with E-state index in [4.69, 9.17) is 17.4 Å². The summed E-state index contributed by atoms with van der Waals surface area (Å²) in [5.74, 6) is 5.40. The lowest BCUT2D eigenvalue weighted by molar-refractivity contribution is 0.627. The van der Waals surface area contributed by atoms with Gasteiger partial charge in [0.05, 0.1) is 6.04 Å². The lowest BCUT2D eigenvalue weighted by Gasteiger charge is -2.15. The van der Waals surface area contributed by atoms with Crippen LogP contribution in [0.5, 0.6) is 0 Å². The summed E-state index contributed by atoms with van der Waals surface area (Å²) in [6.45, 7) is 5.78. The van der Waals surface area contributed by atoms with Gasteiger partial charge < -0.3 is 0 Å². The molecule has 1 atom stereocenters. The molecule has 1 rings (SSSR count). The van der Waals surface area contributed by atoms with Crippen molar-refractivity contribution in [1.29, 1.82) is 0 Å². The SMILES string of the molecule is C=C(C)C(NN)c1ccc(Cl)cc1. The Labute approximate surface area is 83.4 Å². The van der Waals surface area contributed by atoms with Crippen molar-refractivity contribution in [2.45, 2.75) is 13.0 Å². The van der Waals surface area contributed by atoms with Crippen LogP contribution in [0, 0.1) is 0 Å². The smallest absolute Gasteiger partial charge is 0.0664 e. The van der Waals surface area contributed by atoms with Gasteiger partial charge in [0.15, 0.2) is 0 Å². The molecule has 0 amide bonds. The predicted molar refractivity (Wildman–Crippen MR) is 56.3 cm³/mol. The fraction of sp³-hybridized carbons (Fsp3) is 0.200. The first-order valence-corrected chi connectivity index (χ1v) is 4.40. The van der Waals surface area contributed by atoms with Crippen LogP contribution in [0.4, 0.5) is 0 Å². The Balaban J connectivity index is 2.92. The second-order valence-electron chi connectivity index (χ2n) is 3.00. The minimum Gasteiger partial charge on any atom is -0.271 e. The van der Waals surface area contributed by atoms with Gasteiger partial charge >= 0.3 is 0 Å². The van der Waals surface area contributed by atoms with E-state index >= 15 is 0 Å². The number of hydrogen-bond donors (Lipinski definition) is 2. The first-order valence-electron chi connectivity index (χ1n) is 4.02. The van der Waals surface area contributed by atoms with Crippen molar-refractivity contribution in [2.75, 3.05) is 0 Å². The molecule has 0 aliphatic heterocycles. The molecule has 0 saturated carbocycles. The molecule has 1 unspecified atom stereocenters. The molecule has 0 aromatic heterocycles. The third-order valence-corrected chi connectivity index (χ3v) is 2.11. The number of rotatable bonds is 3. The highest BCUT2D eigenvalue weighted by atomic mass is 35.5. The molecule has 0 fully saturated rings. The van der Waals surface area contributed by atoms with E-state index in [1.54, 1.807) is 0 Å². The lowest BCUT2D eigenvalue weighted by atomic mass is 10.0. The molecule has 1 aromatic rings. The van der Waals surface area contributed by atoms with Crippen LogP contribution in [0.25, 0.3) is 0 Å². The fourth-order valence-electron chi connectivity index (χ4n) is 1.18. The van der Waals surface area contributed by atoms with E-state index in [2.05, 4.69) is 12.0 Å². The Kier molecular flexibility index (Phi) is 3.48. The number of halogens is 1. The molecule has 3 N–H and O–H groups in total. The Hall–Kier alpha value is -0.830. The van der Waals surface area contributed by atoms with Gasteiger partial charge in [-0.1, -0.05) is 35.9 Å². The van der Waals surface area contributed by atoms with Crippen molar-refractivity contribution in [1.82, 2.24) is 5.43 Å². The van der Waals surface area contributed by atoms with Gasteiger partial charge in [-0.3, -0.25) is 5.84 Å². The van der Waals surface area contributed by atoms with Crippen LogP contribution in [0.15, 0.2) is 36.4 Å². The number of hydrogen-bond acceptors (Lipinski definition) is 2. The number of nitrogens with one attached hydrogen (secondary N) is 1. The fourth-order valence-corrected chi connectivity index (χ4v) is 1.30. The average Bonchev–Trinajstić information content (AvgIpc) is 2.09. The van der Waals surface area contributed by atoms with Crippen molar-refractivity contribution in [3.05, 3.63) is 47.0 Å². The van der Waals surface area contributed by atoms with Crippen molar-refractivity contribution in [2.24, 2.45) is 5.84 Å². The highest BCUT2D eigenvalue weighted by Crippen LogP contribution is 2.20. The lowest BCUT2D eigenvalue weighted by Crippen LogP contribution is -2.28. The van der Waals surface area contributed by atoms with Crippen LogP contribution in [0.1, 0.15) is 18.5 Å². The quantitative estimate of drug-likeness (QED) is 0.443. The summed E-state index contributed by atoms with van der Waals surface area (Å²) >= 11 is 5.77. The van der Waals surface area contributed by atoms with Crippen LogP contribution in [-0.4, -0.2) is 0 Å². The normalized spacial score (nSPS) is 12.5. The average molecular weight is 197 g/mol. The summed E-state index contributed by atoms with van der Waals surface area (Å²) in [7, 11) is 0. The zero-order chi connectivity index (χ0) is 9.84. The second-order valence-corrected chi connectivity index (χ2v) is 3.43. The van der Waals surface area contributed by atoms with Crippen LogP contribution in [0.2, 0.25) is 5.02 Å². The Morgan fingerprint density at radius 3 is 2.38 bits per heavy atom. The van der Waals surface area contributed by atoms with Gasteiger partial charge in [-0.2, -0.15) is 0 Å². The van der Waals surface area contributed by atoms with E-state index in [1.165, 1.54) is 0 Å². The summed E-state index contributed by atoms with van der Waals surface area (Å²) < 4.78 is 0. The van der Waals surface area contributed by atoms with Crippen LogP contribution >= 0.6 is 11.6 Å². The summed E-state index contributed by atoms with van der Waals surface area (Å²) in [4.78, 5) is 0. The predicted octanol–water partition coefficient (Wildman–Crippen LogP) is 2.42. The number of nitrogens with two attached hydrogens (primary N) is 1. The van der Waals surface area contributed by atoms with E-state index in [0.29, 0.717) is 0 Å². The number of benzene rings is 1. The third-order valence-electron chi connectivity index (χ3n) is 1.86. The molecular weight excluding hydrogens is 184 g/mol. The molecule has 0 aliphatic carbocycles. The largest absolute Gasteiger partial charge is 0.271 e. The van der Waals surface area contributed by atoms with Crippen LogP contribution in [-0.2, 0) is 0 Å². The molecule has 3 heteroatoms. The minimum atomic E-state index is -0.00253. The minimum absolute atomic E-state index is 0.00253. The summed E-state index contributed by atoms with van der Waals surface area (Å²) in [5.41, 5.74) is 4.74. The monoisotopic (exact) mass is 196 g/mol.